The Morgan fingerprint density at radius 2 is 2.06 bits per heavy atom. The van der Waals surface area contributed by atoms with Crippen molar-refractivity contribution in [2.75, 3.05) is 12.3 Å². The summed E-state index contributed by atoms with van der Waals surface area (Å²) in [4.78, 5) is 8.61. The topological polar surface area (TPSA) is 25.2 Å². The Morgan fingerprint density at radius 1 is 1.22 bits per heavy atom. The first-order chi connectivity index (χ1) is 8.58. The van der Waals surface area contributed by atoms with Crippen LogP contribution in [0.3, 0.4) is 0 Å². The summed E-state index contributed by atoms with van der Waals surface area (Å²) in [6, 6.07) is 5.89. The van der Waals surface area contributed by atoms with E-state index in [-0.39, 0.29) is 0 Å². The fraction of sp³-hybridized carbons (Fsp3) is 0.571. The average molecular weight is 281 g/mol. The zero-order chi connectivity index (χ0) is 13.3. The summed E-state index contributed by atoms with van der Waals surface area (Å²) >= 11 is 2.18. The lowest BCUT2D eigenvalue weighted by atomic mass is 10.2. The van der Waals surface area contributed by atoms with Gasteiger partial charge in [-0.2, -0.15) is 11.2 Å². The van der Waals surface area contributed by atoms with Gasteiger partial charge in [0.1, 0.15) is 7.22 Å². The number of aliphatic imine (C=N–C) groups is 1. The third-order valence-corrected chi connectivity index (χ3v) is 6.95. The van der Waals surface area contributed by atoms with Gasteiger partial charge in [0.15, 0.2) is 0 Å². The van der Waals surface area contributed by atoms with Crippen molar-refractivity contribution in [2.45, 2.75) is 38.9 Å². The fourth-order valence-electron chi connectivity index (χ4n) is 1.47. The molecule has 4 heteroatoms. The zero-order valence-electron chi connectivity index (χ0n) is 11.7. The fourth-order valence-corrected chi connectivity index (χ4v) is 4.70. The summed E-state index contributed by atoms with van der Waals surface area (Å²) in [6.45, 7) is 8.16. The molecule has 0 saturated carbocycles. The van der Waals surface area contributed by atoms with Crippen LogP contribution >= 0.6 is 11.2 Å². The number of pyridine rings is 1. The van der Waals surface area contributed by atoms with Crippen molar-refractivity contribution in [3.8, 4) is 0 Å². The third kappa shape index (κ3) is 8.47. The van der Waals surface area contributed by atoms with E-state index in [0.717, 1.165) is 12.2 Å². The molecular weight excluding hydrogens is 256 g/mol. The van der Waals surface area contributed by atoms with E-state index >= 15 is 0 Å². The van der Waals surface area contributed by atoms with Crippen LogP contribution in [0.1, 0.15) is 25.0 Å². The smallest absolute Gasteiger partial charge is 0.108 e. The van der Waals surface area contributed by atoms with E-state index < -0.39 is 7.22 Å². The maximum atomic E-state index is 4.40. The van der Waals surface area contributed by atoms with E-state index in [9.17, 15) is 0 Å². The van der Waals surface area contributed by atoms with Crippen LogP contribution in [-0.4, -0.2) is 30.7 Å². The average Bonchev–Trinajstić information content (AvgIpc) is 2.32. The molecule has 0 radical (unpaired) electrons. The highest BCUT2D eigenvalue weighted by molar-refractivity contribution is 8.28. The first kappa shape index (κ1) is 15.4. The quantitative estimate of drug-likeness (QED) is 0.404. The molecule has 0 saturated heterocycles. The molecule has 0 aliphatic rings. The van der Waals surface area contributed by atoms with Gasteiger partial charge in [-0.15, -0.1) is 0 Å². The predicted molar refractivity (Wildman–Crippen MR) is 86.4 cm³/mol. The minimum atomic E-state index is -0.898. The van der Waals surface area contributed by atoms with Crippen molar-refractivity contribution in [3.05, 3.63) is 30.1 Å². The standard InChI is InChI=1S/C14H24N2SSi/c1-18(2,3)17-12-8-4-6-10-15-13-14-9-5-7-11-16-14/h5,7,9,11,13H,4,6,8,10,12H2,1-3H3/b15-13+. The molecule has 100 valence electrons. The Hall–Kier alpha value is -0.613. The van der Waals surface area contributed by atoms with Gasteiger partial charge in [-0.05, 0) is 30.7 Å². The van der Waals surface area contributed by atoms with E-state index in [2.05, 4.69) is 40.8 Å². The Labute approximate surface area is 116 Å². The molecule has 0 spiro atoms. The van der Waals surface area contributed by atoms with Gasteiger partial charge >= 0.3 is 0 Å². The van der Waals surface area contributed by atoms with Gasteiger partial charge in [-0.1, -0.05) is 32.1 Å². The minimum absolute atomic E-state index is 0.898. The number of rotatable bonds is 8. The van der Waals surface area contributed by atoms with Crippen LogP contribution < -0.4 is 0 Å². The number of nitrogens with zero attached hydrogens (tertiary/aromatic N) is 2. The molecular formula is C14H24N2SSi. The van der Waals surface area contributed by atoms with Crippen molar-refractivity contribution >= 4 is 24.6 Å². The molecule has 18 heavy (non-hydrogen) atoms. The molecule has 0 fully saturated rings. The maximum Gasteiger partial charge on any atom is 0.108 e. The van der Waals surface area contributed by atoms with Crippen molar-refractivity contribution in [2.24, 2.45) is 4.99 Å². The Morgan fingerprint density at radius 3 is 2.72 bits per heavy atom. The van der Waals surface area contributed by atoms with E-state index in [1.54, 1.807) is 6.20 Å². The number of hydrogen-bond acceptors (Lipinski definition) is 3. The van der Waals surface area contributed by atoms with E-state index in [4.69, 9.17) is 0 Å². The Bertz CT molecular complexity index is 347. The summed E-state index contributed by atoms with van der Waals surface area (Å²) in [6.07, 6.45) is 7.48. The van der Waals surface area contributed by atoms with Crippen molar-refractivity contribution in [3.63, 3.8) is 0 Å². The van der Waals surface area contributed by atoms with Crippen LogP contribution in [0.2, 0.25) is 19.6 Å². The molecule has 1 rings (SSSR count). The molecule has 0 atom stereocenters. The van der Waals surface area contributed by atoms with Gasteiger partial charge in [0.2, 0.25) is 0 Å². The van der Waals surface area contributed by atoms with Crippen LogP contribution in [0.15, 0.2) is 29.4 Å². The molecule has 0 aromatic carbocycles. The normalized spacial score (nSPS) is 12.2. The van der Waals surface area contributed by atoms with E-state index in [0.29, 0.717) is 0 Å². The second-order valence-corrected chi connectivity index (χ2v) is 14.8. The maximum absolute atomic E-state index is 4.40. The summed E-state index contributed by atoms with van der Waals surface area (Å²) < 4.78 is 0. The lowest BCUT2D eigenvalue weighted by molar-refractivity contribution is 0.735. The van der Waals surface area contributed by atoms with Crippen LogP contribution in [0.4, 0.5) is 0 Å². The first-order valence-corrected chi connectivity index (χ1v) is 11.8. The van der Waals surface area contributed by atoms with Gasteiger partial charge in [-0.3, -0.25) is 9.98 Å². The highest BCUT2D eigenvalue weighted by atomic mass is 32.4. The summed E-state index contributed by atoms with van der Waals surface area (Å²) in [7, 11) is -0.898. The summed E-state index contributed by atoms with van der Waals surface area (Å²) in [5, 5.41) is 0. The minimum Gasteiger partial charge on any atom is -0.291 e. The van der Waals surface area contributed by atoms with Crippen LogP contribution in [-0.2, 0) is 0 Å². The molecule has 1 aromatic rings. The summed E-state index contributed by atoms with van der Waals surface area (Å²) in [5.41, 5.74) is 0.951. The Balaban J connectivity index is 2.01. The number of unbranched alkanes of at least 4 members (excludes halogenated alkanes) is 2. The first-order valence-electron chi connectivity index (χ1n) is 6.63. The van der Waals surface area contributed by atoms with Crippen LogP contribution in [0, 0.1) is 0 Å². The molecule has 1 aromatic heterocycles. The lowest BCUT2D eigenvalue weighted by Gasteiger charge is -2.14. The molecule has 2 nitrogen and oxygen atoms in total. The lowest BCUT2D eigenvalue weighted by Crippen LogP contribution is -2.14. The largest absolute Gasteiger partial charge is 0.291 e. The van der Waals surface area contributed by atoms with Crippen LogP contribution in [0.5, 0.6) is 0 Å². The zero-order valence-corrected chi connectivity index (χ0v) is 13.5. The second kappa shape index (κ2) is 8.48. The predicted octanol–water partition coefficient (Wildman–Crippen LogP) is 4.24. The number of hydrogen-bond donors (Lipinski definition) is 0. The molecule has 0 aliphatic carbocycles. The van der Waals surface area contributed by atoms with Gasteiger partial charge in [0.05, 0.1) is 5.69 Å². The van der Waals surface area contributed by atoms with Crippen molar-refractivity contribution < 1.29 is 0 Å². The molecule has 0 aliphatic heterocycles. The van der Waals surface area contributed by atoms with Crippen molar-refractivity contribution in [1.82, 2.24) is 4.98 Å². The summed E-state index contributed by atoms with van der Waals surface area (Å²) in [5.74, 6) is 1.32. The molecule has 0 N–H and O–H groups in total. The van der Waals surface area contributed by atoms with Gasteiger partial charge in [0.25, 0.3) is 0 Å². The van der Waals surface area contributed by atoms with E-state index in [1.165, 1.54) is 25.0 Å². The Kier molecular flexibility index (Phi) is 7.28. The highest BCUT2D eigenvalue weighted by Gasteiger charge is 2.12. The second-order valence-electron chi connectivity index (χ2n) is 5.31. The van der Waals surface area contributed by atoms with Crippen LogP contribution in [0.25, 0.3) is 0 Å². The van der Waals surface area contributed by atoms with E-state index in [1.807, 2.05) is 24.4 Å². The van der Waals surface area contributed by atoms with Gasteiger partial charge < -0.3 is 0 Å². The third-order valence-electron chi connectivity index (χ3n) is 2.38. The molecule has 1 heterocycles. The molecule has 0 amide bonds. The molecule has 0 bridgehead atoms. The monoisotopic (exact) mass is 280 g/mol. The SMILES string of the molecule is C[Si](C)(C)SCCCCC/N=C/c1ccccn1. The van der Waals surface area contributed by atoms with Gasteiger partial charge in [0, 0.05) is 19.0 Å². The number of aromatic nitrogens is 1. The van der Waals surface area contributed by atoms with Gasteiger partial charge in [-0.25, -0.2) is 0 Å². The molecule has 0 unspecified atom stereocenters. The van der Waals surface area contributed by atoms with Crippen molar-refractivity contribution in [1.29, 1.82) is 0 Å². The highest BCUT2D eigenvalue weighted by Crippen LogP contribution is 2.20.